The summed E-state index contributed by atoms with van der Waals surface area (Å²) < 4.78 is 0. The van der Waals surface area contributed by atoms with Gasteiger partial charge in [-0.2, -0.15) is 0 Å². The van der Waals surface area contributed by atoms with Crippen molar-refractivity contribution in [3.8, 4) is 5.75 Å². The van der Waals surface area contributed by atoms with Crippen LogP contribution in [0.15, 0.2) is 102 Å². The summed E-state index contributed by atoms with van der Waals surface area (Å²) in [6, 6.07) is 31.6. The van der Waals surface area contributed by atoms with Gasteiger partial charge in [-0.1, -0.05) is 96.1 Å². The molecule has 4 aromatic carbocycles. The summed E-state index contributed by atoms with van der Waals surface area (Å²) in [5.41, 5.74) is 3.09. The van der Waals surface area contributed by atoms with Crippen molar-refractivity contribution in [2.45, 2.75) is 52.4 Å². The first-order chi connectivity index (χ1) is 17.4. The molecule has 0 aliphatic heterocycles. The molecule has 0 radical (unpaired) electrons. The molecule has 3 nitrogen and oxygen atoms in total. The molecule has 0 saturated heterocycles. The second kappa shape index (κ2) is 10.2. The van der Waals surface area contributed by atoms with Gasteiger partial charge < -0.3 is 5.11 Å². The number of hydrogen-bond acceptors (Lipinski definition) is 3. The van der Waals surface area contributed by atoms with Gasteiger partial charge in [0.05, 0.1) is 0 Å². The van der Waals surface area contributed by atoms with Crippen LogP contribution in [-0.2, 0) is 10.8 Å². The molecule has 0 heterocycles. The zero-order chi connectivity index (χ0) is 26.8. The van der Waals surface area contributed by atoms with Crippen molar-refractivity contribution in [2.24, 2.45) is 4.99 Å². The Morgan fingerprint density at radius 3 is 1.70 bits per heavy atom. The fraction of sp³-hybridized carbons (Fsp3) is 0.242. The van der Waals surface area contributed by atoms with Crippen molar-refractivity contribution < 1.29 is 10.00 Å². The molecule has 0 fully saturated rings. The van der Waals surface area contributed by atoms with Crippen LogP contribution < -0.4 is 15.9 Å². The highest BCUT2D eigenvalue weighted by Gasteiger charge is 2.46. The second-order valence-corrected chi connectivity index (χ2v) is 14.3. The Labute approximate surface area is 222 Å². The number of para-hydroxylation sites is 1. The third-order valence-corrected chi connectivity index (χ3v) is 9.81. The molecule has 4 rings (SSSR count). The molecule has 4 aromatic rings. The number of phenolic OH excluding ortho intramolecular Hbond substituents is 1. The number of hydrogen-bond donors (Lipinski definition) is 2. The zero-order valence-electron chi connectivity index (χ0n) is 22.6. The van der Waals surface area contributed by atoms with Crippen LogP contribution in [0.5, 0.6) is 5.75 Å². The van der Waals surface area contributed by atoms with Crippen molar-refractivity contribution in [3.63, 3.8) is 0 Å². The Morgan fingerprint density at radius 2 is 1.19 bits per heavy atom. The quantitative estimate of drug-likeness (QED) is 0.226. The zero-order valence-corrected chi connectivity index (χ0v) is 23.5. The molecular formula is C33H37NO2P+. The molecule has 0 spiro atoms. The minimum Gasteiger partial charge on any atom is -0.507 e. The first kappa shape index (κ1) is 26.8. The number of aromatic hydroxyl groups is 1. The highest BCUT2D eigenvalue weighted by molar-refractivity contribution is 7.91. The van der Waals surface area contributed by atoms with Gasteiger partial charge in [-0.3, -0.25) is 4.99 Å². The molecule has 4 heteroatoms. The maximum absolute atomic E-state index is 12.4. The number of nitrogens with zero attached hydrogens (tertiary/aromatic N) is 1. The minimum atomic E-state index is -2.95. The topological polar surface area (TPSA) is 52.8 Å². The van der Waals surface area contributed by atoms with Gasteiger partial charge in [0.2, 0.25) is 7.49 Å². The van der Waals surface area contributed by atoms with Crippen molar-refractivity contribution in [1.82, 2.24) is 0 Å². The monoisotopic (exact) mass is 510 g/mol. The molecule has 0 saturated carbocycles. The average Bonchev–Trinajstić information content (AvgIpc) is 2.87. The van der Waals surface area contributed by atoms with Crippen molar-refractivity contribution in [1.29, 1.82) is 0 Å². The first-order valence-corrected chi connectivity index (χ1v) is 14.4. The standard InChI is InChI=1S/C33H36NO2P/c1-32(2,3)25-21-24(31(35)28(22-25)33(4,5)6)23-34-29-19-13-14-20-30(29)37(36,26-15-9-7-10-16-26)27-17-11-8-12-18-27/h7-23,36H,1-6H3/p+1. The number of aliphatic imine (C=N–C) groups is 1. The van der Waals surface area contributed by atoms with E-state index in [0.717, 1.165) is 27.0 Å². The van der Waals surface area contributed by atoms with Crippen LogP contribution in [0.1, 0.15) is 58.2 Å². The van der Waals surface area contributed by atoms with Gasteiger partial charge in [0.15, 0.2) is 5.30 Å². The Morgan fingerprint density at radius 1 is 0.676 bits per heavy atom. The third-order valence-electron chi connectivity index (χ3n) is 6.65. The van der Waals surface area contributed by atoms with E-state index in [1.54, 1.807) is 6.21 Å². The van der Waals surface area contributed by atoms with E-state index in [-0.39, 0.29) is 16.6 Å². The summed E-state index contributed by atoms with van der Waals surface area (Å²) in [6.07, 6.45) is 1.74. The molecule has 190 valence electrons. The van der Waals surface area contributed by atoms with E-state index in [2.05, 4.69) is 47.6 Å². The highest BCUT2D eigenvalue weighted by atomic mass is 31.2. The predicted molar refractivity (Wildman–Crippen MR) is 160 cm³/mol. The maximum atomic E-state index is 12.4. The van der Waals surface area contributed by atoms with E-state index >= 15 is 0 Å². The fourth-order valence-corrected chi connectivity index (χ4v) is 7.29. The second-order valence-electron chi connectivity index (χ2n) is 11.5. The van der Waals surface area contributed by atoms with Gasteiger partial charge in [0, 0.05) is 17.3 Å². The lowest BCUT2D eigenvalue weighted by molar-refractivity contribution is 0.444. The van der Waals surface area contributed by atoms with Gasteiger partial charge in [0.1, 0.15) is 22.0 Å². The largest absolute Gasteiger partial charge is 0.507 e. The maximum Gasteiger partial charge on any atom is 0.240 e. The smallest absolute Gasteiger partial charge is 0.240 e. The van der Waals surface area contributed by atoms with Crippen LogP contribution in [0.3, 0.4) is 0 Å². The van der Waals surface area contributed by atoms with Crippen LogP contribution in [0.2, 0.25) is 0 Å². The summed E-state index contributed by atoms with van der Waals surface area (Å²) in [5, 5.41) is 13.8. The fourth-order valence-electron chi connectivity index (χ4n) is 4.46. The van der Waals surface area contributed by atoms with Gasteiger partial charge in [-0.25, -0.2) is 4.89 Å². The van der Waals surface area contributed by atoms with Gasteiger partial charge in [-0.15, -0.1) is 0 Å². The number of rotatable bonds is 5. The minimum absolute atomic E-state index is 0.0827. The molecule has 0 amide bonds. The normalized spacial score (nSPS) is 12.7. The van der Waals surface area contributed by atoms with E-state index in [1.807, 2.05) is 91.0 Å². The lowest BCUT2D eigenvalue weighted by Gasteiger charge is -2.27. The molecule has 37 heavy (non-hydrogen) atoms. The Hall–Kier alpha value is -3.26. The van der Waals surface area contributed by atoms with Crippen molar-refractivity contribution in [2.75, 3.05) is 0 Å². The van der Waals surface area contributed by atoms with Crippen molar-refractivity contribution >= 4 is 35.3 Å². The van der Waals surface area contributed by atoms with Crippen molar-refractivity contribution in [3.05, 3.63) is 114 Å². The molecule has 0 atom stereocenters. The molecule has 2 N–H and O–H groups in total. The summed E-state index contributed by atoms with van der Waals surface area (Å²) >= 11 is 0. The van der Waals surface area contributed by atoms with E-state index in [9.17, 15) is 10.00 Å². The lowest BCUT2D eigenvalue weighted by atomic mass is 9.79. The molecule has 0 unspecified atom stereocenters. The predicted octanol–water partition coefficient (Wildman–Crippen LogP) is 6.94. The van der Waals surface area contributed by atoms with E-state index in [1.165, 1.54) is 0 Å². The van der Waals surface area contributed by atoms with Crippen LogP contribution in [0.25, 0.3) is 0 Å². The SMILES string of the molecule is CC(C)(C)c1cc(C=Nc2ccccc2[P+](O)(c2ccccc2)c2ccccc2)c(O)c(C(C)(C)C)c1. The summed E-state index contributed by atoms with van der Waals surface area (Å²) in [7, 11) is -2.95. The summed E-state index contributed by atoms with van der Waals surface area (Å²) in [4.78, 5) is 17.3. The van der Waals surface area contributed by atoms with E-state index in [0.29, 0.717) is 11.3 Å². The van der Waals surface area contributed by atoms with Crippen LogP contribution >= 0.6 is 7.49 Å². The Bertz CT molecular complexity index is 1360. The van der Waals surface area contributed by atoms with Gasteiger partial charge in [-0.05, 0) is 58.9 Å². The molecule has 0 aliphatic carbocycles. The Kier molecular flexibility index (Phi) is 7.42. The van der Waals surface area contributed by atoms with Gasteiger partial charge in [0.25, 0.3) is 0 Å². The first-order valence-electron chi connectivity index (χ1n) is 12.7. The molecular weight excluding hydrogens is 473 g/mol. The Balaban J connectivity index is 1.90. The average molecular weight is 511 g/mol. The summed E-state index contributed by atoms with van der Waals surface area (Å²) in [5.74, 6) is 0.248. The highest BCUT2D eigenvalue weighted by Crippen LogP contribution is 2.53. The summed E-state index contributed by atoms with van der Waals surface area (Å²) in [6.45, 7) is 12.8. The van der Waals surface area contributed by atoms with Crippen LogP contribution in [0.4, 0.5) is 5.69 Å². The van der Waals surface area contributed by atoms with Gasteiger partial charge >= 0.3 is 0 Å². The van der Waals surface area contributed by atoms with E-state index in [4.69, 9.17) is 4.99 Å². The lowest BCUT2D eigenvalue weighted by Crippen LogP contribution is -2.30. The molecule has 0 aromatic heterocycles. The number of benzene rings is 4. The number of phenols is 1. The van der Waals surface area contributed by atoms with Crippen LogP contribution in [-0.4, -0.2) is 16.2 Å². The van der Waals surface area contributed by atoms with Crippen LogP contribution in [0, 0.1) is 0 Å². The third kappa shape index (κ3) is 5.54. The molecule has 0 aliphatic rings. The van der Waals surface area contributed by atoms with E-state index < -0.39 is 7.49 Å². The molecule has 0 bridgehead atoms.